The number of aliphatic carboxylic acids is 1. The summed E-state index contributed by atoms with van der Waals surface area (Å²) >= 11 is 8.67. The SMILES string of the molecule is O=C(O)[C@@H]1CCCC[C@H]1C(=O)Nc1nc(-c2ccc(Cl)s2)cs1. The maximum atomic E-state index is 12.4. The Morgan fingerprint density at radius 2 is 2.00 bits per heavy atom. The number of thiophene rings is 1. The van der Waals surface area contributed by atoms with Gasteiger partial charge in [-0.15, -0.1) is 22.7 Å². The Bertz CT molecular complexity index is 728. The first-order valence-corrected chi connectivity index (χ1v) is 9.37. The summed E-state index contributed by atoms with van der Waals surface area (Å²) in [6.45, 7) is 0. The molecule has 3 rings (SSSR count). The molecule has 8 heteroatoms. The van der Waals surface area contributed by atoms with E-state index in [1.54, 1.807) is 6.07 Å². The molecule has 1 saturated carbocycles. The molecule has 0 unspecified atom stereocenters. The largest absolute Gasteiger partial charge is 0.481 e. The molecular weight excluding hydrogens is 356 g/mol. The summed E-state index contributed by atoms with van der Waals surface area (Å²) in [6, 6.07) is 3.69. The molecule has 2 aromatic heterocycles. The third-order valence-corrected chi connectivity index (χ3v) is 5.99. The van der Waals surface area contributed by atoms with Gasteiger partial charge in [-0.2, -0.15) is 0 Å². The van der Waals surface area contributed by atoms with Gasteiger partial charge in [0.15, 0.2) is 5.13 Å². The van der Waals surface area contributed by atoms with Crippen molar-refractivity contribution in [1.29, 1.82) is 0 Å². The smallest absolute Gasteiger partial charge is 0.307 e. The van der Waals surface area contributed by atoms with Crippen LogP contribution in [0.3, 0.4) is 0 Å². The second-order valence-corrected chi connectivity index (χ2v) is 8.04. The van der Waals surface area contributed by atoms with Crippen LogP contribution >= 0.6 is 34.3 Å². The number of anilines is 1. The van der Waals surface area contributed by atoms with Gasteiger partial charge in [-0.25, -0.2) is 4.98 Å². The van der Waals surface area contributed by atoms with Gasteiger partial charge in [0, 0.05) is 5.38 Å². The molecule has 2 N–H and O–H groups in total. The lowest BCUT2D eigenvalue weighted by atomic mass is 9.79. The summed E-state index contributed by atoms with van der Waals surface area (Å²) in [5.41, 5.74) is 0.764. The summed E-state index contributed by atoms with van der Waals surface area (Å²) in [4.78, 5) is 29.0. The van der Waals surface area contributed by atoms with Crippen molar-refractivity contribution in [3.8, 4) is 10.6 Å². The highest BCUT2D eigenvalue weighted by atomic mass is 35.5. The molecule has 2 aromatic rings. The molecule has 2 heterocycles. The molecule has 2 atom stereocenters. The number of carboxylic acid groups (broad SMARTS) is 1. The van der Waals surface area contributed by atoms with Crippen LogP contribution in [0.4, 0.5) is 5.13 Å². The van der Waals surface area contributed by atoms with E-state index in [-0.39, 0.29) is 5.91 Å². The van der Waals surface area contributed by atoms with Crippen molar-refractivity contribution in [2.45, 2.75) is 25.7 Å². The minimum atomic E-state index is -0.891. The highest BCUT2D eigenvalue weighted by Crippen LogP contribution is 2.34. The predicted molar refractivity (Wildman–Crippen MR) is 92.2 cm³/mol. The highest BCUT2D eigenvalue weighted by molar-refractivity contribution is 7.20. The van der Waals surface area contributed by atoms with Gasteiger partial charge in [-0.3, -0.25) is 9.59 Å². The van der Waals surface area contributed by atoms with Gasteiger partial charge in [0.1, 0.15) is 0 Å². The Morgan fingerprint density at radius 1 is 1.26 bits per heavy atom. The third kappa shape index (κ3) is 3.73. The number of aromatic nitrogens is 1. The van der Waals surface area contributed by atoms with Crippen LogP contribution in [0.1, 0.15) is 25.7 Å². The number of halogens is 1. The molecule has 0 radical (unpaired) electrons. The fraction of sp³-hybridized carbons (Fsp3) is 0.400. The lowest BCUT2D eigenvalue weighted by Gasteiger charge is -2.26. The molecule has 0 saturated heterocycles. The number of carboxylic acids is 1. The van der Waals surface area contributed by atoms with Crippen molar-refractivity contribution in [3.05, 3.63) is 21.8 Å². The molecule has 5 nitrogen and oxygen atoms in total. The Balaban J connectivity index is 1.70. The number of hydrogen-bond acceptors (Lipinski definition) is 5. The van der Waals surface area contributed by atoms with Crippen LogP contribution < -0.4 is 5.32 Å². The molecule has 0 aromatic carbocycles. The molecule has 0 aliphatic heterocycles. The van der Waals surface area contributed by atoms with E-state index in [1.165, 1.54) is 22.7 Å². The van der Waals surface area contributed by atoms with E-state index in [0.29, 0.717) is 22.3 Å². The lowest BCUT2D eigenvalue weighted by Crippen LogP contribution is -2.36. The minimum absolute atomic E-state index is 0.248. The normalized spacial score (nSPS) is 21.1. The molecule has 0 spiro atoms. The number of nitrogens with zero attached hydrogens (tertiary/aromatic N) is 1. The van der Waals surface area contributed by atoms with Gasteiger partial charge >= 0.3 is 5.97 Å². The van der Waals surface area contributed by atoms with Gasteiger partial charge in [0.05, 0.1) is 26.7 Å². The summed E-state index contributed by atoms with van der Waals surface area (Å²) < 4.78 is 0.685. The van der Waals surface area contributed by atoms with Crippen molar-refractivity contribution in [2.24, 2.45) is 11.8 Å². The zero-order valence-electron chi connectivity index (χ0n) is 12.1. The van der Waals surface area contributed by atoms with Crippen LogP contribution in [-0.4, -0.2) is 22.0 Å². The van der Waals surface area contributed by atoms with Gasteiger partial charge in [0.25, 0.3) is 0 Å². The Labute approximate surface area is 146 Å². The molecule has 1 fully saturated rings. The number of carbonyl (C=O) groups is 2. The maximum Gasteiger partial charge on any atom is 0.307 e. The summed E-state index contributed by atoms with van der Waals surface area (Å²) in [6.07, 6.45) is 2.92. The first-order chi connectivity index (χ1) is 11.0. The maximum absolute atomic E-state index is 12.4. The van der Waals surface area contributed by atoms with Crippen molar-refractivity contribution >= 4 is 51.3 Å². The molecule has 0 bridgehead atoms. The molecule has 122 valence electrons. The van der Waals surface area contributed by atoms with E-state index in [2.05, 4.69) is 10.3 Å². The number of nitrogens with one attached hydrogen (secondary N) is 1. The van der Waals surface area contributed by atoms with Crippen LogP contribution in [0.2, 0.25) is 4.34 Å². The fourth-order valence-corrected chi connectivity index (χ4v) is 4.63. The molecule has 1 amide bonds. The van der Waals surface area contributed by atoms with Crippen molar-refractivity contribution < 1.29 is 14.7 Å². The first kappa shape index (κ1) is 16.4. The topological polar surface area (TPSA) is 79.3 Å². The monoisotopic (exact) mass is 370 g/mol. The van der Waals surface area contributed by atoms with Gasteiger partial charge in [-0.1, -0.05) is 24.4 Å². The van der Waals surface area contributed by atoms with E-state index in [9.17, 15) is 14.7 Å². The number of rotatable bonds is 4. The highest BCUT2D eigenvalue weighted by Gasteiger charge is 2.35. The van der Waals surface area contributed by atoms with Crippen LogP contribution in [0, 0.1) is 11.8 Å². The van der Waals surface area contributed by atoms with E-state index < -0.39 is 17.8 Å². The summed E-state index contributed by atoms with van der Waals surface area (Å²) in [5, 5.41) is 14.4. The fourth-order valence-electron chi connectivity index (χ4n) is 2.83. The zero-order chi connectivity index (χ0) is 16.4. The summed E-state index contributed by atoms with van der Waals surface area (Å²) in [5.74, 6) is -2.22. The first-order valence-electron chi connectivity index (χ1n) is 7.29. The van der Waals surface area contributed by atoms with Crippen LogP contribution in [0.15, 0.2) is 17.5 Å². The lowest BCUT2D eigenvalue weighted by molar-refractivity contribution is -0.147. The van der Waals surface area contributed by atoms with Gasteiger partial charge in [-0.05, 0) is 25.0 Å². The third-order valence-electron chi connectivity index (χ3n) is 3.98. The average molecular weight is 371 g/mol. The second kappa shape index (κ2) is 6.98. The van der Waals surface area contributed by atoms with Crippen LogP contribution in [-0.2, 0) is 9.59 Å². The molecule has 1 aliphatic rings. The predicted octanol–water partition coefficient (Wildman–Crippen LogP) is 4.35. The quantitative estimate of drug-likeness (QED) is 0.838. The van der Waals surface area contributed by atoms with Crippen molar-refractivity contribution in [3.63, 3.8) is 0 Å². The standard InChI is InChI=1S/C15H15ClN2O3S2/c16-12-6-5-11(23-12)10-7-22-15(17-10)18-13(19)8-3-1-2-4-9(8)14(20)21/h5-9H,1-4H2,(H,20,21)(H,17,18,19)/t8-,9-/m1/s1. The molecular formula is C15H15ClN2O3S2. The van der Waals surface area contributed by atoms with Gasteiger partial charge in [0.2, 0.25) is 5.91 Å². The van der Waals surface area contributed by atoms with Gasteiger partial charge < -0.3 is 10.4 Å². The minimum Gasteiger partial charge on any atom is -0.481 e. The van der Waals surface area contributed by atoms with Crippen LogP contribution in [0.25, 0.3) is 10.6 Å². The number of thiazole rings is 1. The Kier molecular flexibility index (Phi) is 4.99. The van der Waals surface area contributed by atoms with Crippen LogP contribution in [0.5, 0.6) is 0 Å². The Morgan fingerprint density at radius 3 is 2.65 bits per heavy atom. The van der Waals surface area contributed by atoms with Crippen molar-refractivity contribution in [1.82, 2.24) is 4.98 Å². The molecule has 23 heavy (non-hydrogen) atoms. The number of hydrogen-bond donors (Lipinski definition) is 2. The van der Waals surface area contributed by atoms with E-state index in [4.69, 9.17) is 11.6 Å². The average Bonchev–Trinajstić information content (AvgIpc) is 3.16. The Hall–Kier alpha value is -1.44. The molecule has 1 aliphatic carbocycles. The number of amides is 1. The zero-order valence-corrected chi connectivity index (χ0v) is 14.5. The summed E-state index contributed by atoms with van der Waals surface area (Å²) in [7, 11) is 0. The van der Waals surface area contributed by atoms with E-state index in [1.807, 2.05) is 11.4 Å². The van der Waals surface area contributed by atoms with E-state index >= 15 is 0 Å². The van der Waals surface area contributed by atoms with E-state index in [0.717, 1.165) is 23.4 Å². The second-order valence-electron chi connectivity index (χ2n) is 5.47. The number of carbonyl (C=O) groups excluding carboxylic acids is 1. The van der Waals surface area contributed by atoms with Crippen molar-refractivity contribution in [2.75, 3.05) is 5.32 Å².